The molecule has 0 radical (unpaired) electrons. The first kappa shape index (κ1) is 14.6. The summed E-state index contributed by atoms with van der Waals surface area (Å²) in [6.45, 7) is 5.89. The van der Waals surface area contributed by atoms with Crippen molar-refractivity contribution in [2.75, 3.05) is 29.1 Å². The summed E-state index contributed by atoms with van der Waals surface area (Å²) in [5, 5.41) is 20.9. The number of benzene rings is 1. The van der Waals surface area contributed by atoms with E-state index < -0.39 is 0 Å². The molecule has 0 atom stereocenters. The van der Waals surface area contributed by atoms with E-state index in [4.69, 9.17) is 5.73 Å². The van der Waals surface area contributed by atoms with E-state index in [1.807, 2.05) is 6.07 Å². The molecular formula is C13H18N6O2. The molecule has 2 aromatic rings. The van der Waals surface area contributed by atoms with Crippen molar-refractivity contribution in [1.82, 2.24) is 10.3 Å². The van der Waals surface area contributed by atoms with Gasteiger partial charge in [0.15, 0.2) is 0 Å². The minimum absolute atomic E-state index is 0.119. The first-order valence-corrected chi connectivity index (χ1v) is 6.60. The average molecular weight is 290 g/mol. The van der Waals surface area contributed by atoms with E-state index >= 15 is 0 Å². The van der Waals surface area contributed by atoms with Crippen LogP contribution in [0.25, 0.3) is 0 Å². The zero-order chi connectivity index (χ0) is 15.2. The van der Waals surface area contributed by atoms with E-state index in [9.17, 15) is 5.11 Å². The standard InChI is InChI=1S/C13H18N6O2/c1-3-19(4-2)10-6-5-9(11(20)7-10)8-15-16-13-12(14)17-21-18-13/h5-8,20H,3-4H2,1-2H3,(H2,14,17)(H,16,18). The highest BCUT2D eigenvalue weighted by molar-refractivity contribution is 5.85. The fourth-order valence-electron chi connectivity index (χ4n) is 1.86. The molecule has 0 aliphatic heterocycles. The van der Waals surface area contributed by atoms with Gasteiger partial charge in [-0.2, -0.15) is 5.10 Å². The van der Waals surface area contributed by atoms with Crippen molar-refractivity contribution in [2.45, 2.75) is 13.8 Å². The molecule has 0 amide bonds. The van der Waals surface area contributed by atoms with E-state index in [-0.39, 0.29) is 17.4 Å². The highest BCUT2D eigenvalue weighted by Crippen LogP contribution is 2.23. The molecule has 0 bridgehead atoms. The van der Waals surface area contributed by atoms with Crippen LogP contribution in [0.1, 0.15) is 19.4 Å². The van der Waals surface area contributed by atoms with Crippen molar-refractivity contribution in [3.05, 3.63) is 23.8 Å². The second-order valence-corrected chi connectivity index (χ2v) is 4.28. The second-order valence-electron chi connectivity index (χ2n) is 4.28. The lowest BCUT2D eigenvalue weighted by molar-refractivity contribution is 0.310. The Morgan fingerprint density at radius 3 is 2.71 bits per heavy atom. The Labute approximate surface area is 122 Å². The molecule has 21 heavy (non-hydrogen) atoms. The number of hydrogen-bond acceptors (Lipinski definition) is 8. The number of aromatic nitrogens is 2. The van der Waals surface area contributed by atoms with Gasteiger partial charge >= 0.3 is 0 Å². The summed E-state index contributed by atoms with van der Waals surface area (Å²) < 4.78 is 4.42. The SMILES string of the molecule is CCN(CC)c1ccc(C=NNc2nonc2N)c(O)c1. The Morgan fingerprint density at radius 1 is 1.38 bits per heavy atom. The molecule has 112 valence electrons. The Morgan fingerprint density at radius 2 is 2.14 bits per heavy atom. The van der Waals surface area contributed by atoms with Crippen LogP contribution in [0, 0.1) is 0 Å². The van der Waals surface area contributed by atoms with Crippen LogP contribution < -0.4 is 16.1 Å². The van der Waals surface area contributed by atoms with Gasteiger partial charge in [-0.05, 0) is 36.3 Å². The van der Waals surface area contributed by atoms with Gasteiger partial charge in [-0.15, -0.1) is 0 Å². The summed E-state index contributed by atoms with van der Waals surface area (Å²) in [4.78, 5) is 2.14. The average Bonchev–Trinajstić information content (AvgIpc) is 2.88. The maximum atomic E-state index is 10.0. The molecule has 0 spiro atoms. The minimum atomic E-state index is 0.119. The number of rotatable bonds is 6. The second kappa shape index (κ2) is 6.60. The smallest absolute Gasteiger partial charge is 0.235 e. The van der Waals surface area contributed by atoms with Crippen LogP contribution in [0.4, 0.5) is 17.3 Å². The molecule has 0 aliphatic rings. The van der Waals surface area contributed by atoms with Crippen LogP contribution in [0.15, 0.2) is 27.9 Å². The largest absolute Gasteiger partial charge is 0.507 e. The monoisotopic (exact) mass is 290 g/mol. The molecule has 0 aliphatic carbocycles. The molecule has 0 unspecified atom stereocenters. The van der Waals surface area contributed by atoms with Gasteiger partial charge in [-0.25, -0.2) is 4.63 Å². The fraction of sp³-hybridized carbons (Fsp3) is 0.308. The highest BCUT2D eigenvalue weighted by Gasteiger charge is 2.06. The number of nitrogens with one attached hydrogen (secondary N) is 1. The number of aromatic hydroxyl groups is 1. The Kier molecular flexibility index (Phi) is 4.60. The van der Waals surface area contributed by atoms with Crippen LogP contribution in [-0.2, 0) is 0 Å². The number of nitrogens with two attached hydrogens (primary N) is 1. The van der Waals surface area contributed by atoms with Crippen LogP contribution in [-0.4, -0.2) is 34.7 Å². The van der Waals surface area contributed by atoms with E-state index in [2.05, 4.69) is 44.2 Å². The molecule has 2 rings (SSSR count). The summed E-state index contributed by atoms with van der Waals surface area (Å²) in [5.41, 5.74) is 9.60. The van der Waals surface area contributed by atoms with E-state index in [0.717, 1.165) is 18.8 Å². The van der Waals surface area contributed by atoms with Gasteiger partial charge in [0, 0.05) is 30.4 Å². The number of hydrazone groups is 1. The molecule has 1 aromatic heterocycles. The lowest BCUT2D eigenvalue weighted by Crippen LogP contribution is -2.21. The number of phenols is 1. The zero-order valence-electron chi connectivity index (χ0n) is 11.9. The summed E-state index contributed by atoms with van der Waals surface area (Å²) in [5.74, 6) is 0.495. The lowest BCUT2D eigenvalue weighted by atomic mass is 10.2. The van der Waals surface area contributed by atoms with Crippen molar-refractivity contribution in [1.29, 1.82) is 0 Å². The third-order valence-electron chi connectivity index (χ3n) is 3.03. The highest BCUT2D eigenvalue weighted by atomic mass is 16.6. The molecule has 0 saturated carbocycles. The predicted octanol–water partition coefficient (Wildman–Crippen LogP) is 1.65. The van der Waals surface area contributed by atoms with Crippen molar-refractivity contribution >= 4 is 23.5 Å². The van der Waals surface area contributed by atoms with Gasteiger partial charge in [0.2, 0.25) is 11.6 Å². The Balaban J connectivity index is 2.09. The fourth-order valence-corrected chi connectivity index (χ4v) is 1.86. The number of hydrogen-bond donors (Lipinski definition) is 3. The molecular weight excluding hydrogens is 272 g/mol. The molecule has 1 heterocycles. The van der Waals surface area contributed by atoms with Crippen LogP contribution >= 0.6 is 0 Å². The molecule has 8 heteroatoms. The van der Waals surface area contributed by atoms with Gasteiger partial charge in [-0.1, -0.05) is 0 Å². The van der Waals surface area contributed by atoms with Crippen LogP contribution in [0.3, 0.4) is 0 Å². The zero-order valence-corrected chi connectivity index (χ0v) is 11.9. The lowest BCUT2D eigenvalue weighted by Gasteiger charge is -2.21. The van der Waals surface area contributed by atoms with Gasteiger partial charge < -0.3 is 15.7 Å². The van der Waals surface area contributed by atoms with E-state index in [1.54, 1.807) is 12.1 Å². The van der Waals surface area contributed by atoms with Gasteiger partial charge in [0.1, 0.15) is 5.75 Å². The first-order valence-electron chi connectivity index (χ1n) is 6.60. The predicted molar refractivity (Wildman–Crippen MR) is 81.6 cm³/mol. The van der Waals surface area contributed by atoms with Crippen molar-refractivity contribution in [3.8, 4) is 5.75 Å². The minimum Gasteiger partial charge on any atom is -0.507 e. The molecule has 1 aromatic carbocycles. The van der Waals surface area contributed by atoms with Gasteiger partial charge in [-0.3, -0.25) is 5.43 Å². The summed E-state index contributed by atoms with van der Waals surface area (Å²) in [6, 6.07) is 5.43. The third-order valence-corrected chi connectivity index (χ3v) is 3.03. The number of nitrogens with zero attached hydrogens (tertiary/aromatic N) is 4. The van der Waals surface area contributed by atoms with Crippen molar-refractivity contribution in [2.24, 2.45) is 5.10 Å². The molecule has 4 N–H and O–H groups in total. The topological polar surface area (TPSA) is 113 Å². The summed E-state index contributed by atoms with van der Waals surface area (Å²) in [6.07, 6.45) is 1.47. The molecule has 0 fully saturated rings. The normalized spacial score (nSPS) is 11.0. The third kappa shape index (κ3) is 3.41. The summed E-state index contributed by atoms with van der Waals surface area (Å²) in [7, 11) is 0. The van der Waals surface area contributed by atoms with Gasteiger partial charge in [0.25, 0.3) is 0 Å². The number of phenolic OH excluding ortho intramolecular Hbond substituents is 1. The number of anilines is 3. The molecule has 8 nitrogen and oxygen atoms in total. The summed E-state index contributed by atoms with van der Waals surface area (Å²) >= 11 is 0. The Bertz CT molecular complexity index is 621. The van der Waals surface area contributed by atoms with Crippen LogP contribution in [0.2, 0.25) is 0 Å². The van der Waals surface area contributed by atoms with E-state index in [0.29, 0.717) is 5.56 Å². The maximum absolute atomic E-state index is 10.0. The Hall–Kier alpha value is -2.77. The quantitative estimate of drug-likeness (QED) is 0.547. The van der Waals surface area contributed by atoms with Crippen molar-refractivity contribution < 1.29 is 9.74 Å². The van der Waals surface area contributed by atoms with Crippen LogP contribution in [0.5, 0.6) is 5.75 Å². The van der Waals surface area contributed by atoms with Crippen molar-refractivity contribution in [3.63, 3.8) is 0 Å². The maximum Gasteiger partial charge on any atom is 0.235 e. The first-order chi connectivity index (χ1) is 10.2. The van der Waals surface area contributed by atoms with E-state index in [1.165, 1.54) is 6.21 Å². The van der Waals surface area contributed by atoms with Gasteiger partial charge in [0.05, 0.1) is 6.21 Å². The number of nitrogen functional groups attached to an aromatic ring is 1. The molecule has 0 saturated heterocycles.